The molecule has 0 unspecified atom stereocenters. The molecular weight excluding hydrogens is 458 g/mol. The Labute approximate surface area is 213 Å². The van der Waals surface area contributed by atoms with Gasteiger partial charge in [0.25, 0.3) is 0 Å². The lowest BCUT2D eigenvalue weighted by atomic mass is 9.94. The van der Waals surface area contributed by atoms with Crippen LogP contribution in [0.5, 0.6) is 5.88 Å². The van der Waals surface area contributed by atoms with Crippen LogP contribution >= 0.6 is 11.6 Å². The summed E-state index contributed by atoms with van der Waals surface area (Å²) < 4.78 is 6.27. The number of aromatic nitrogens is 1. The number of aryl methyl sites for hydroxylation is 1. The molecule has 1 N–H and O–H groups in total. The van der Waals surface area contributed by atoms with E-state index in [9.17, 15) is 5.11 Å². The van der Waals surface area contributed by atoms with Gasteiger partial charge < -0.3 is 9.84 Å². The SMILES string of the molecule is Cc1ccc2nc(OCc3ccccc3Cl)c(CN3CCC(N4CCC[C@H](CO)C4)CC3)cc2c1. The molecular formula is C29H36ClN3O2. The third-order valence-electron chi connectivity index (χ3n) is 7.61. The predicted octanol–water partition coefficient (Wildman–Crippen LogP) is 5.44. The van der Waals surface area contributed by atoms with Crippen LogP contribution in [0.3, 0.4) is 0 Å². The fourth-order valence-electron chi connectivity index (χ4n) is 5.58. The average molecular weight is 494 g/mol. The number of fused-ring (bicyclic) bond motifs is 1. The van der Waals surface area contributed by atoms with E-state index in [4.69, 9.17) is 21.3 Å². The Hall–Kier alpha value is -2.18. The molecule has 0 aliphatic carbocycles. The van der Waals surface area contributed by atoms with Crippen molar-refractivity contribution in [3.05, 3.63) is 70.2 Å². The topological polar surface area (TPSA) is 48.8 Å². The van der Waals surface area contributed by atoms with Crippen LogP contribution in [0, 0.1) is 12.8 Å². The minimum Gasteiger partial charge on any atom is -0.472 e. The molecule has 1 atom stereocenters. The van der Waals surface area contributed by atoms with Crippen LogP contribution in [0.25, 0.3) is 10.9 Å². The van der Waals surface area contributed by atoms with E-state index in [1.54, 1.807) is 0 Å². The van der Waals surface area contributed by atoms with Crippen molar-refractivity contribution < 1.29 is 9.84 Å². The second-order valence-corrected chi connectivity index (χ2v) is 10.6. The molecule has 186 valence electrons. The molecule has 35 heavy (non-hydrogen) atoms. The van der Waals surface area contributed by atoms with Crippen molar-refractivity contribution in [2.24, 2.45) is 5.92 Å². The van der Waals surface area contributed by atoms with Gasteiger partial charge in [-0.05, 0) is 82.4 Å². The summed E-state index contributed by atoms with van der Waals surface area (Å²) in [6.45, 7) is 8.04. The van der Waals surface area contributed by atoms with Gasteiger partial charge in [0, 0.05) is 47.3 Å². The number of piperidine rings is 2. The third kappa shape index (κ3) is 5.97. The molecule has 2 aliphatic heterocycles. The maximum Gasteiger partial charge on any atom is 0.218 e. The first-order chi connectivity index (χ1) is 17.1. The molecule has 0 spiro atoms. The number of likely N-dealkylation sites (tertiary alicyclic amines) is 2. The Morgan fingerprint density at radius 3 is 2.66 bits per heavy atom. The van der Waals surface area contributed by atoms with Crippen LogP contribution in [-0.2, 0) is 13.2 Å². The van der Waals surface area contributed by atoms with Crippen LogP contribution < -0.4 is 4.74 Å². The van der Waals surface area contributed by atoms with E-state index in [1.807, 2.05) is 24.3 Å². The molecule has 2 fully saturated rings. The number of rotatable bonds is 7. The largest absolute Gasteiger partial charge is 0.472 e. The first-order valence-electron chi connectivity index (χ1n) is 12.9. The molecule has 2 aromatic carbocycles. The predicted molar refractivity (Wildman–Crippen MR) is 142 cm³/mol. The number of hydrogen-bond donors (Lipinski definition) is 1. The highest BCUT2D eigenvalue weighted by atomic mass is 35.5. The lowest BCUT2D eigenvalue weighted by Gasteiger charge is -2.42. The summed E-state index contributed by atoms with van der Waals surface area (Å²) in [7, 11) is 0. The third-order valence-corrected chi connectivity index (χ3v) is 7.98. The van der Waals surface area contributed by atoms with Crippen molar-refractivity contribution in [1.29, 1.82) is 0 Å². The molecule has 0 radical (unpaired) electrons. The number of benzene rings is 2. The standard InChI is InChI=1S/C29H36ClN3O2/c1-21-8-9-28-24(15-21)16-25(29(31-28)35-20-23-6-2-3-7-27(23)30)18-32-13-10-26(11-14-32)33-12-4-5-22(17-33)19-34/h2-3,6-9,15-16,22,26,34H,4-5,10-14,17-20H2,1H3/t22-/m0/s1. The van der Waals surface area contributed by atoms with Gasteiger partial charge in [-0.15, -0.1) is 0 Å². The first kappa shape index (κ1) is 24.5. The fourth-order valence-corrected chi connectivity index (χ4v) is 5.77. The Bertz CT molecular complexity index is 1150. The first-order valence-corrected chi connectivity index (χ1v) is 13.3. The monoisotopic (exact) mass is 493 g/mol. The Balaban J connectivity index is 1.29. The smallest absolute Gasteiger partial charge is 0.218 e. The molecule has 0 saturated carbocycles. The normalized spacial score (nSPS) is 20.4. The lowest BCUT2D eigenvalue weighted by molar-refractivity contribution is 0.0524. The zero-order valence-corrected chi connectivity index (χ0v) is 21.4. The molecule has 2 saturated heterocycles. The Morgan fingerprint density at radius 1 is 1.03 bits per heavy atom. The number of aliphatic hydroxyl groups excluding tert-OH is 1. The molecule has 1 aromatic heterocycles. The molecule has 0 amide bonds. The molecule has 3 heterocycles. The molecule has 3 aromatic rings. The summed E-state index contributed by atoms with van der Waals surface area (Å²) in [5.41, 5.74) is 4.29. The Kier molecular flexibility index (Phi) is 7.88. The minimum atomic E-state index is 0.320. The zero-order chi connectivity index (χ0) is 24.2. The van der Waals surface area contributed by atoms with Gasteiger partial charge in [-0.25, -0.2) is 4.98 Å². The van der Waals surface area contributed by atoms with Crippen LogP contribution in [0.4, 0.5) is 0 Å². The van der Waals surface area contributed by atoms with Gasteiger partial charge in [0.15, 0.2) is 0 Å². The number of halogens is 1. The van der Waals surface area contributed by atoms with E-state index >= 15 is 0 Å². The van der Waals surface area contributed by atoms with Gasteiger partial charge in [-0.3, -0.25) is 9.80 Å². The van der Waals surface area contributed by atoms with Crippen molar-refractivity contribution in [2.45, 2.75) is 51.8 Å². The highest BCUT2D eigenvalue weighted by Crippen LogP contribution is 2.29. The molecule has 5 rings (SSSR count). The van der Waals surface area contributed by atoms with E-state index < -0.39 is 0 Å². The molecule has 5 nitrogen and oxygen atoms in total. The van der Waals surface area contributed by atoms with Crippen LogP contribution in [0.15, 0.2) is 48.5 Å². The number of nitrogens with zero attached hydrogens (tertiary/aromatic N) is 3. The number of ether oxygens (including phenoxy) is 1. The van der Waals surface area contributed by atoms with Crippen LogP contribution in [-0.4, -0.2) is 58.7 Å². The summed E-state index contributed by atoms with van der Waals surface area (Å²) in [6.07, 6.45) is 4.72. The number of hydrogen-bond acceptors (Lipinski definition) is 5. The quantitative estimate of drug-likeness (QED) is 0.474. The lowest BCUT2D eigenvalue weighted by Crippen LogP contribution is -2.48. The van der Waals surface area contributed by atoms with Crippen molar-refractivity contribution >= 4 is 22.5 Å². The molecule has 6 heteroatoms. The Morgan fingerprint density at radius 2 is 1.86 bits per heavy atom. The van der Waals surface area contributed by atoms with E-state index in [1.165, 1.54) is 31.4 Å². The fraction of sp³-hybridized carbons (Fsp3) is 0.483. The maximum absolute atomic E-state index is 9.60. The molecule has 0 bridgehead atoms. The van der Waals surface area contributed by atoms with Crippen molar-refractivity contribution in [1.82, 2.24) is 14.8 Å². The summed E-state index contributed by atoms with van der Waals surface area (Å²) in [5, 5.41) is 11.5. The van der Waals surface area contributed by atoms with Gasteiger partial charge in [0.2, 0.25) is 5.88 Å². The summed E-state index contributed by atoms with van der Waals surface area (Å²) >= 11 is 6.37. The average Bonchev–Trinajstić information content (AvgIpc) is 2.89. The summed E-state index contributed by atoms with van der Waals surface area (Å²) in [6, 6.07) is 17.1. The highest BCUT2D eigenvalue weighted by molar-refractivity contribution is 6.31. The highest BCUT2D eigenvalue weighted by Gasteiger charge is 2.29. The second kappa shape index (κ2) is 11.3. The van der Waals surface area contributed by atoms with E-state index in [2.05, 4.69) is 41.0 Å². The van der Waals surface area contributed by atoms with Gasteiger partial charge in [0.1, 0.15) is 6.61 Å². The minimum absolute atomic E-state index is 0.320. The van der Waals surface area contributed by atoms with E-state index in [-0.39, 0.29) is 0 Å². The van der Waals surface area contributed by atoms with Crippen molar-refractivity contribution in [2.75, 3.05) is 32.8 Å². The van der Waals surface area contributed by atoms with Gasteiger partial charge in [-0.1, -0.05) is 41.4 Å². The van der Waals surface area contributed by atoms with E-state index in [0.717, 1.165) is 54.6 Å². The van der Waals surface area contributed by atoms with Crippen molar-refractivity contribution in [3.63, 3.8) is 0 Å². The van der Waals surface area contributed by atoms with Crippen molar-refractivity contribution in [3.8, 4) is 5.88 Å². The van der Waals surface area contributed by atoms with Gasteiger partial charge in [0.05, 0.1) is 5.52 Å². The second-order valence-electron chi connectivity index (χ2n) is 10.2. The molecule has 2 aliphatic rings. The van der Waals surface area contributed by atoms with Gasteiger partial charge >= 0.3 is 0 Å². The van der Waals surface area contributed by atoms with Gasteiger partial charge in [-0.2, -0.15) is 0 Å². The number of aliphatic hydroxyl groups is 1. The summed E-state index contributed by atoms with van der Waals surface area (Å²) in [5.74, 6) is 1.15. The van der Waals surface area contributed by atoms with Crippen LogP contribution in [0.2, 0.25) is 5.02 Å². The number of pyridine rings is 1. The summed E-state index contributed by atoms with van der Waals surface area (Å²) in [4.78, 5) is 10.1. The van der Waals surface area contributed by atoms with Crippen LogP contribution in [0.1, 0.15) is 42.4 Å². The maximum atomic E-state index is 9.60. The van der Waals surface area contributed by atoms with E-state index in [0.29, 0.717) is 36.1 Å². The zero-order valence-electron chi connectivity index (χ0n) is 20.6.